The average Bonchev–Trinajstić information content (AvgIpc) is 2.65. The molecule has 0 fully saturated rings. The summed E-state index contributed by atoms with van der Waals surface area (Å²) in [5.74, 6) is 0. The molecule has 0 saturated heterocycles. The normalized spacial score (nSPS) is 14.0. The lowest BCUT2D eigenvalue weighted by Gasteiger charge is -2.08. The highest BCUT2D eigenvalue weighted by atomic mass is 32.2. The molecule has 1 aliphatic heterocycles. The first kappa shape index (κ1) is 14.1. The van der Waals surface area contributed by atoms with E-state index in [1.165, 1.54) is 16.7 Å². The van der Waals surface area contributed by atoms with Gasteiger partial charge in [-0.3, -0.25) is 4.99 Å². The van der Waals surface area contributed by atoms with Gasteiger partial charge in [-0.1, -0.05) is 41.5 Å². The summed E-state index contributed by atoms with van der Waals surface area (Å²) in [6.45, 7) is 4.26. The molecule has 0 unspecified atom stereocenters. The van der Waals surface area contributed by atoms with Crippen LogP contribution < -0.4 is 0 Å². The van der Waals surface area contributed by atoms with E-state index in [9.17, 15) is 0 Å². The first-order chi connectivity index (χ1) is 10.2. The molecule has 106 valence electrons. The topological polar surface area (TPSA) is 24.7 Å². The molecule has 21 heavy (non-hydrogen) atoms. The number of fused-ring (bicyclic) bond motifs is 1. The Bertz CT molecular complexity index is 724. The SMILES string of the molecule is CSC1=Nc2ccccc2N=C(c2cc(C)cc(C)c2)C1. The van der Waals surface area contributed by atoms with E-state index in [1.807, 2.05) is 24.3 Å². The molecule has 0 atom stereocenters. The van der Waals surface area contributed by atoms with Gasteiger partial charge in [0, 0.05) is 6.42 Å². The highest BCUT2D eigenvalue weighted by Gasteiger charge is 2.14. The van der Waals surface area contributed by atoms with Crippen LogP contribution in [0.25, 0.3) is 0 Å². The quantitative estimate of drug-likeness (QED) is 0.707. The number of aryl methyl sites for hydroxylation is 2. The van der Waals surface area contributed by atoms with Gasteiger partial charge in [-0.25, -0.2) is 4.99 Å². The number of aliphatic imine (C=N–C) groups is 2. The zero-order valence-electron chi connectivity index (χ0n) is 12.6. The summed E-state index contributed by atoms with van der Waals surface area (Å²) in [6.07, 6.45) is 2.87. The smallest absolute Gasteiger partial charge is 0.0896 e. The molecule has 3 rings (SSSR count). The average molecular weight is 294 g/mol. The maximum atomic E-state index is 4.88. The summed E-state index contributed by atoms with van der Waals surface area (Å²) < 4.78 is 0. The Morgan fingerprint density at radius 2 is 1.52 bits per heavy atom. The number of thioether (sulfide) groups is 1. The van der Waals surface area contributed by atoms with Gasteiger partial charge >= 0.3 is 0 Å². The number of hydrogen-bond donors (Lipinski definition) is 0. The third-order valence-corrected chi connectivity index (χ3v) is 4.20. The summed E-state index contributed by atoms with van der Waals surface area (Å²) in [7, 11) is 0. The fraction of sp³-hybridized carbons (Fsp3) is 0.222. The zero-order chi connectivity index (χ0) is 14.8. The van der Waals surface area contributed by atoms with Crippen LogP contribution in [0.2, 0.25) is 0 Å². The van der Waals surface area contributed by atoms with Gasteiger partial charge in [-0.05, 0) is 37.8 Å². The van der Waals surface area contributed by atoms with Gasteiger partial charge in [0.05, 0.1) is 22.1 Å². The number of hydrogen-bond acceptors (Lipinski definition) is 3. The van der Waals surface area contributed by atoms with Crippen molar-refractivity contribution in [1.29, 1.82) is 0 Å². The van der Waals surface area contributed by atoms with Crippen molar-refractivity contribution in [3.8, 4) is 0 Å². The fourth-order valence-corrected chi connectivity index (χ4v) is 3.05. The van der Waals surface area contributed by atoms with Crippen LogP contribution in [0, 0.1) is 13.8 Å². The minimum absolute atomic E-state index is 0.790. The van der Waals surface area contributed by atoms with E-state index in [1.54, 1.807) is 11.8 Å². The molecule has 0 spiro atoms. The summed E-state index contributed by atoms with van der Waals surface area (Å²) in [5.41, 5.74) is 6.75. The van der Waals surface area contributed by atoms with Gasteiger partial charge in [-0.2, -0.15) is 0 Å². The lowest BCUT2D eigenvalue weighted by molar-refractivity contribution is 1.35. The maximum Gasteiger partial charge on any atom is 0.0896 e. The number of rotatable bonds is 1. The molecular formula is C18H18N2S. The number of nitrogens with zero attached hydrogens (tertiary/aromatic N) is 2. The molecule has 3 heteroatoms. The zero-order valence-corrected chi connectivity index (χ0v) is 13.4. The lowest BCUT2D eigenvalue weighted by Crippen LogP contribution is -2.06. The van der Waals surface area contributed by atoms with Gasteiger partial charge in [0.2, 0.25) is 0 Å². The lowest BCUT2D eigenvalue weighted by atomic mass is 10.0. The Morgan fingerprint density at radius 3 is 2.14 bits per heavy atom. The van der Waals surface area contributed by atoms with Gasteiger partial charge in [0.1, 0.15) is 0 Å². The minimum Gasteiger partial charge on any atom is -0.250 e. The largest absolute Gasteiger partial charge is 0.250 e. The standard InChI is InChI=1S/C18H18N2S/c1-12-8-13(2)10-14(9-12)17-11-18(21-3)20-16-7-5-4-6-15(16)19-17/h4-10H,11H2,1-3H3. The molecule has 0 aliphatic carbocycles. The van der Waals surface area contributed by atoms with Crippen LogP contribution in [0.1, 0.15) is 23.1 Å². The Morgan fingerprint density at radius 1 is 0.905 bits per heavy atom. The summed E-state index contributed by atoms with van der Waals surface area (Å²) in [4.78, 5) is 9.62. The second kappa shape index (κ2) is 5.86. The summed E-state index contributed by atoms with van der Waals surface area (Å²) >= 11 is 1.70. The summed E-state index contributed by atoms with van der Waals surface area (Å²) in [5, 5.41) is 1.11. The molecule has 0 amide bonds. The van der Waals surface area contributed by atoms with Crippen molar-refractivity contribution < 1.29 is 0 Å². The van der Waals surface area contributed by atoms with E-state index in [2.05, 4.69) is 38.3 Å². The van der Waals surface area contributed by atoms with Gasteiger partial charge in [0.25, 0.3) is 0 Å². The van der Waals surface area contributed by atoms with Crippen LogP contribution in [-0.4, -0.2) is 17.0 Å². The van der Waals surface area contributed by atoms with Crippen molar-refractivity contribution in [2.24, 2.45) is 9.98 Å². The van der Waals surface area contributed by atoms with E-state index >= 15 is 0 Å². The van der Waals surface area contributed by atoms with Crippen molar-refractivity contribution >= 4 is 33.9 Å². The molecule has 2 aromatic rings. The predicted octanol–water partition coefficient (Wildman–Crippen LogP) is 5.22. The highest BCUT2D eigenvalue weighted by Crippen LogP contribution is 2.33. The second-order valence-electron chi connectivity index (χ2n) is 5.31. The van der Waals surface area contributed by atoms with E-state index < -0.39 is 0 Å². The Balaban J connectivity index is 2.14. The van der Waals surface area contributed by atoms with Gasteiger partial charge in [0.15, 0.2) is 0 Å². The Kier molecular flexibility index (Phi) is 3.93. The molecule has 2 aromatic carbocycles. The molecule has 0 aromatic heterocycles. The van der Waals surface area contributed by atoms with Crippen molar-refractivity contribution in [3.05, 3.63) is 59.2 Å². The van der Waals surface area contributed by atoms with E-state index in [0.29, 0.717) is 0 Å². The molecule has 0 radical (unpaired) electrons. The van der Waals surface area contributed by atoms with E-state index in [4.69, 9.17) is 9.98 Å². The maximum absolute atomic E-state index is 4.88. The van der Waals surface area contributed by atoms with Gasteiger partial charge < -0.3 is 0 Å². The molecular weight excluding hydrogens is 276 g/mol. The predicted molar refractivity (Wildman–Crippen MR) is 93.8 cm³/mol. The Hall–Kier alpha value is -1.87. The van der Waals surface area contributed by atoms with Crippen LogP contribution in [-0.2, 0) is 0 Å². The monoisotopic (exact) mass is 294 g/mol. The van der Waals surface area contributed by atoms with Crippen molar-refractivity contribution in [3.63, 3.8) is 0 Å². The van der Waals surface area contributed by atoms with Crippen LogP contribution in [0.4, 0.5) is 11.4 Å². The van der Waals surface area contributed by atoms with Crippen LogP contribution >= 0.6 is 11.8 Å². The van der Waals surface area contributed by atoms with Gasteiger partial charge in [-0.15, -0.1) is 11.8 Å². The second-order valence-corrected chi connectivity index (χ2v) is 6.19. The molecule has 0 N–H and O–H groups in total. The highest BCUT2D eigenvalue weighted by molar-refractivity contribution is 8.13. The minimum atomic E-state index is 0.790. The summed E-state index contributed by atoms with van der Waals surface area (Å²) in [6, 6.07) is 14.7. The molecule has 2 nitrogen and oxygen atoms in total. The van der Waals surface area contributed by atoms with Crippen molar-refractivity contribution in [1.82, 2.24) is 0 Å². The molecule has 1 aliphatic rings. The number of benzene rings is 2. The van der Waals surface area contributed by atoms with Crippen molar-refractivity contribution in [2.75, 3.05) is 6.26 Å². The molecule has 0 saturated carbocycles. The Labute approximate surface area is 130 Å². The van der Waals surface area contributed by atoms with Crippen LogP contribution in [0.5, 0.6) is 0 Å². The van der Waals surface area contributed by atoms with Crippen LogP contribution in [0.3, 0.4) is 0 Å². The first-order valence-electron chi connectivity index (χ1n) is 7.02. The van der Waals surface area contributed by atoms with E-state index in [-0.39, 0.29) is 0 Å². The van der Waals surface area contributed by atoms with Crippen LogP contribution in [0.15, 0.2) is 52.4 Å². The first-order valence-corrected chi connectivity index (χ1v) is 8.25. The number of para-hydroxylation sites is 2. The van der Waals surface area contributed by atoms with Crippen molar-refractivity contribution in [2.45, 2.75) is 20.3 Å². The molecule has 1 heterocycles. The molecule has 0 bridgehead atoms. The van der Waals surface area contributed by atoms with E-state index in [0.717, 1.165) is 28.6 Å². The third-order valence-electron chi connectivity index (χ3n) is 3.49. The fourth-order valence-electron chi connectivity index (χ4n) is 2.58. The third kappa shape index (κ3) is 3.08.